The Morgan fingerprint density at radius 1 is 1.17 bits per heavy atom. The van der Waals surface area contributed by atoms with Gasteiger partial charge in [-0.1, -0.05) is 12.1 Å². The molecule has 1 rings (SSSR count). The van der Waals surface area contributed by atoms with E-state index < -0.39 is 42.0 Å². The van der Waals surface area contributed by atoms with Crippen molar-refractivity contribution in [2.45, 2.75) is 25.6 Å². The molecule has 1 aromatic rings. The van der Waals surface area contributed by atoms with Crippen LogP contribution in [-0.4, -0.2) is 32.1 Å². The maximum absolute atomic E-state index is 13.0. The van der Waals surface area contributed by atoms with Crippen LogP contribution in [-0.2, 0) is 30.0 Å². The van der Waals surface area contributed by atoms with Gasteiger partial charge in [-0.3, -0.25) is 9.59 Å². The van der Waals surface area contributed by atoms with Crippen LogP contribution in [0.4, 0.5) is 13.2 Å². The number of hydrogen-bond donors (Lipinski definition) is 1. The summed E-state index contributed by atoms with van der Waals surface area (Å²) >= 11 is 0. The number of halogens is 3. The quantitative estimate of drug-likeness (QED) is 0.650. The minimum absolute atomic E-state index is 0.0317. The number of benzene rings is 1. The topological polar surface area (TPSA) is 81.7 Å². The van der Waals surface area contributed by atoms with E-state index >= 15 is 0 Å². The van der Waals surface area contributed by atoms with E-state index in [0.717, 1.165) is 20.3 Å². The number of amides is 1. The monoisotopic (exact) mass is 347 g/mol. The molecule has 24 heavy (non-hydrogen) atoms. The molecule has 1 N–H and O–H groups in total. The summed E-state index contributed by atoms with van der Waals surface area (Å²) < 4.78 is 47.8. The third-order valence-corrected chi connectivity index (χ3v) is 3.18. The Kier molecular flexibility index (Phi) is 6.33. The van der Waals surface area contributed by atoms with Gasteiger partial charge in [-0.15, -0.1) is 0 Å². The first kappa shape index (κ1) is 19.5. The predicted molar refractivity (Wildman–Crippen MR) is 75.7 cm³/mol. The molecule has 0 saturated heterocycles. The van der Waals surface area contributed by atoms with E-state index in [4.69, 9.17) is 0 Å². The lowest BCUT2D eigenvalue weighted by Crippen LogP contribution is -2.35. The molecule has 0 aliphatic heterocycles. The van der Waals surface area contributed by atoms with E-state index in [9.17, 15) is 27.6 Å². The van der Waals surface area contributed by atoms with Crippen molar-refractivity contribution in [3.8, 4) is 0 Å². The zero-order chi connectivity index (χ0) is 18.5. The van der Waals surface area contributed by atoms with Crippen molar-refractivity contribution in [1.82, 2.24) is 5.32 Å². The Bertz CT molecular complexity index is 642. The molecular formula is C15H16F3NO5. The highest BCUT2D eigenvalue weighted by Gasteiger charge is 2.34. The molecule has 0 saturated carbocycles. The molecule has 6 nitrogen and oxygen atoms in total. The highest BCUT2D eigenvalue weighted by Crippen LogP contribution is 2.33. The highest BCUT2D eigenvalue weighted by molar-refractivity contribution is 5.96. The lowest BCUT2D eigenvalue weighted by atomic mass is 9.99. The largest absolute Gasteiger partial charge is 0.469 e. The number of alkyl halides is 3. The first-order chi connectivity index (χ1) is 11.1. The maximum atomic E-state index is 13.0. The Labute approximate surface area is 135 Å². The molecule has 1 amide bonds. The summed E-state index contributed by atoms with van der Waals surface area (Å²) in [7, 11) is 2.10. The van der Waals surface area contributed by atoms with Crippen molar-refractivity contribution >= 4 is 17.8 Å². The molecule has 0 aliphatic rings. The van der Waals surface area contributed by atoms with E-state index in [2.05, 4.69) is 14.8 Å². The van der Waals surface area contributed by atoms with Crippen molar-refractivity contribution < 1.29 is 37.0 Å². The third-order valence-electron chi connectivity index (χ3n) is 3.18. The lowest BCUT2D eigenvalue weighted by molar-refractivity contribution is -0.148. The number of aryl methyl sites for hydroxylation is 1. The average molecular weight is 347 g/mol. The molecule has 0 spiro atoms. The van der Waals surface area contributed by atoms with E-state index in [1.165, 1.54) is 19.1 Å². The van der Waals surface area contributed by atoms with Gasteiger partial charge in [0.05, 0.1) is 19.8 Å². The fourth-order valence-electron chi connectivity index (χ4n) is 1.94. The fourth-order valence-corrected chi connectivity index (χ4v) is 1.94. The minimum atomic E-state index is -4.61. The van der Waals surface area contributed by atoms with Gasteiger partial charge in [0.15, 0.2) is 6.04 Å². The van der Waals surface area contributed by atoms with Gasteiger partial charge in [0.2, 0.25) is 5.91 Å². The normalized spacial score (nSPS) is 12.2. The second kappa shape index (κ2) is 7.80. The Hall–Kier alpha value is -2.58. The zero-order valence-electron chi connectivity index (χ0n) is 13.2. The van der Waals surface area contributed by atoms with Crippen LogP contribution in [0.5, 0.6) is 0 Å². The smallest absolute Gasteiger partial charge is 0.416 e. The van der Waals surface area contributed by atoms with Crippen LogP contribution in [0.1, 0.15) is 29.2 Å². The van der Waals surface area contributed by atoms with Crippen molar-refractivity contribution in [1.29, 1.82) is 0 Å². The van der Waals surface area contributed by atoms with Gasteiger partial charge >= 0.3 is 18.1 Å². The number of nitrogens with one attached hydrogen (secondary N) is 1. The maximum Gasteiger partial charge on any atom is 0.416 e. The predicted octanol–water partition coefficient (Wildman–Crippen LogP) is 1.91. The third kappa shape index (κ3) is 4.97. The summed E-state index contributed by atoms with van der Waals surface area (Å²) in [4.78, 5) is 34.6. The molecule has 0 bridgehead atoms. The SMILES string of the molecule is COC(=O)CC(=O)NC(C(=O)OC)c1ccc(C)c(C(F)(F)F)c1. The van der Waals surface area contributed by atoms with Crippen LogP contribution < -0.4 is 5.32 Å². The Morgan fingerprint density at radius 2 is 1.79 bits per heavy atom. The van der Waals surface area contributed by atoms with Crippen LogP contribution >= 0.6 is 0 Å². The van der Waals surface area contributed by atoms with Crippen molar-refractivity contribution in [2.75, 3.05) is 14.2 Å². The first-order valence-electron chi connectivity index (χ1n) is 6.72. The second-order valence-corrected chi connectivity index (χ2v) is 4.85. The van der Waals surface area contributed by atoms with Gasteiger partial charge in [-0.25, -0.2) is 4.79 Å². The van der Waals surface area contributed by atoms with E-state index in [1.807, 2.05) is 0 Å². The number of hydrogen-bond acceptors (Lipinski definition) is 5. The molecule has 0 fully saturated rings. The van der Waals surface area contributed by atoms with Gasteiger partial charge in [0.25, 0.3) is 0 Å². The average Bonchev–Trinajstić information content (AvgIpc) is 2.51. The molecule has 1 unspecified atom stereocenters. The Morgan fingerprint density at radius 3 is 2.29 bits per heavy atom. The molecule has 9 heteroatoms. The first-order valence-corrected chi connectivity index (χ1v) is 6.72. The lowest BCUT2D eigenvalue weighted by Gasteiger charge is -2.19. The Balaban J connectivity index is 3.16. The summed E-state index contributed by atoms with van der Waals surface area (Å²) in [6.07, 6.45) is -5.29. The minimum Gasteiger partial charge on any atom is -0.469 e. The number of carbonyl (C=O) groups excluding carboxylic acids is 3. The van der Waals surface area contributed by atoms with Crippen molar-refractivity contribution in [2.24, 2.45) is 0 Å². The zero-order valence-corrected chi connectivity index (χ0v) is 13.2. The van der Waals surface area contributed by atoms with E-state index in [1.54, 1.807) is 0 Å². The van der Waals surface area contributed by atoms with Crippen molar-refractivity contribution in [3.63, 3.8) is 0 Å². The number of ether oxygens (including phenoxy) is 2. The summed E-state index contributed by atoms with van der Waals surface area (Å²) in [5, 5.41) is 2.17. The molecule has 0 aliphatic carbocycles. The molecule has 1 aromatic carbocycles. The molecule has 1 atom stereocenters. The number of methoxy groups -OCH3 is 2. The van der Waals surface area contributed by atoms with Gasteiger partial charge in [0.1, 0.15) is 6.42 Å². The summed E-state index contributed by atoms with van der Waals surface area (Å²) in [5.74, 6) is -2.70. The summed E-state index contributed by atoms with van der Waals surface area (Å²) in [5.41, 5.74) is -1.08. The van der Waals surface area contributed by atoms with Crippen LogP contribution in [0.3, 0.4) is 0 Å². The number of esters is 2. The molecule has 0 radical (unpaired) electrons. The van der Waals surface area contributed by atoms with E-state index in [0.29, 0.717) is 0 Å². The number of carbonyl (C=O) groups is 3. The highest BCUT2D eigenvalue weighted by atomic mass is 19.4. The molecule has 132 valence electrons. The molecule has 0 heterocycles. The number of rotatable bonds is 5. The van der Waals surface area contributed by atoms with Gasteiger partial charge in [-0.05, 0) is 24.1 Å². The van der Waals surface area contributed by atoms with Gasteiger partial charge in [0, 0.05) is 0 Å². The van der Waals surface area contributed by atoms with Crippen LogP contribution in [0.2, 0.25) is 0 Å². The standard InChI is InChI=1S/C15H16F3NO5/c1-8-4-5-9(6-10(8)15(16,17)18)13(14(22)24-3)19-11(20)7-12(21)23-2/h4-6,13H,7H2,1-3H3,(H,19,20). The second-order valence-electron chi connectivity index (χ2n) is 4.85. The van der Waals surface area contributed by atoms with Crippen LogP contribution in [0, 0.1) is 6.92 Å². The summed E-state index contributed by atoms with van der Waals surface area (Å²) in [6, 6.07) is 1.73. The van der Waals surface area contributed by atoms with Crippen LogP contribution in [0.25, 0.3) is 0 Å². The van der Waals surface area contributed by atoms with Gasteiger partial charge in [-0.2, -0.15) is 13.2 Å². The van der Waals surface area contributed by atoms with E-state index in [-0.39, 0.29) is 11.1 Å². The molecule has 0 aromatic heterocycles. The summed E-state index contributed by atoms with van der Waals surface area (Å²) in [6.45, 7) is 1.27. The van der Waals surface area contributed by atoms with Gasteiger partial charge < -0.3 is 14.8 Å². The van der Waals surface area contributed by atoms with Crippen LogP contribution in [0.15, 0.2) is 18.2 Å². The molecular weight excluding hydrogens is 331 g/mol. The van der Waals surface area contributed by atoms with Crippen molar-refractivity contribution in [3.05, 3.63) is 34.9 Å². The fraction of sp³-hybridized carbons (Fsp3) is 0.400.